The maximum absolute atomic E-state index is 6.18. The number of hydrogen-bond donors (Lipinski definition) is 6. The fourth-order valence-corrected chi connectivity index (χ4v) is 4.66. The molecule has 4 atom stereocenters. The fourth-order valence-electron chi connectivity index (χ4n) is 4.13. The van der Waals surface area contributed by atoms with E-state index in [0.29, 0.717) is 59.8 Å². The van der Waals surface area contributed by atoms with Crippen LogP contribution in [-0.4, -0.2) is 65.3 Å². The van der Waals surface area contributed by atoms with Gasteiger partial charge in [0.05, 0.1) is 5.69 Å². The lowest BCUT2D eigenvalue weighted by Gasteiger charge is -2.37. The second-order valence-electron chi connectivity index (χ2n) is 8.49. The predicted octanol–water partition coefficient (Wildman–Crippen LogP) is 0.347. The number of nitrogens with two attached hydrogens (primary N) is 4. The molecule has 1 aromatic carbocycles. The number of hydrogen-bond acceptors (Lipinski definition) is 11. The molecule has 2 saturated heterocycles. The van der Waals surface area contributed by atoms with E-state index >= 15 is 0 Å². The average molecular weight is 482 g/mol. The van der Waals surface area contributed by atoms with Crippen molar-refractivity contribution in [3.05, 3.63) is 28.2 Å². The van der Waals surface area contributed by atoms with Crippen molar-refractivity contribution in [1.29, 1.82) is 0 Å². The Morgan fingerprint density at radius 1 is 0.688 bits per heavy atom. The van der Waals surface area contributed by atoms with Crippen LogP contribution in [0.1, 0.15) is 12.8 Å². The van der Waals surface area contributed by atoms with Gasteiger partial charge in [-0.05, 0) is 31.0 Å². The van der Waals surface area contributed by atoms with E-state index in [2.05, 4.69) is 20.8 Å². The lowest BCUT2D eigenvalue weighted by molar-refractivity contribution is 0.441. The summed E-state index contributed by atoms with van der Waals surface area (Å²) in [5.41, 5.74) is 31.4. The summed E-state index contributed by atoms with van der Waals surface area (Å²) in [4.78, 5) is 17.8. The molecule has 11 nitrogen and oxygen atoms in total. The number of halogens is 2. The third kappa shape index (κ3) is 5.80. The van der Waals surface area contributed by atoms with Crippen molar-refractivity contribution in [3.63, 3.8) is 0 Å². The van der Waals surface area contributed by atoms with Gasteiger partial charge >= 0.3 is 0 Å². The van der Waals surface area contributed by atoms with Crippen molar-refractivity contribution >= 4 is 46.7 Å². The van der Waals surface area contributed by atoms with Gasteiger partial charge in [-0.1, -0.05) is 23.2 Å². The summed E-state index contributed by atoms with van der Waals surface area (Å²) >= 11 is 12.2. The minimum Gasteiger partial charge on any atom is -0.338 e. The van der Waals surface area contributed by atoms with E-state index in [1.807, 2.05) is 9.80 Å². The average Bonchev–Trinajstić information content (AvgIpc) is 2.70. The third-order valence-corrected chi connectivity index (χ3v) is 5.83. The molecule has 174 valence electrons. The monoisotopic (exact) mass is 481 g/mol. The molecule has 32 heavy (non-hydrogen) atoms. The standard InChI is InChI=1S/C19H29Cl2N11/c20-10-1-11(21)3-16(2-10)29-30-17-26-18(31-6-12(22)4-13(23)7-31)28-19(27-17)32-8-14(24)5-15(25)9-32/h1-3,12-15,29H,4-9,22-25H2,(H,26,27,28,30)/t12-,13+,14-,15+. The first kappa shape index (κ1) is 23.0. The van der Waals surface area contributed by atoms with Crippen LogP contribution in [0.4, 0.5) is 23.5 Å². The van der Waals surface area contributed by atoms with Crippen LogP contribution in [0.5, 0.6) is 0 Å². The molecule has 4 rings (SSSR count). The van der Waals surface area contributed by atoms with Gasteiger partial charge in [0, 0.05) is 60.4 Å². The van der Waals surface area contributed by atoms with Crippen LogP contribution < -0.4 is 43.6 Å². The summed E-state index contributed by atoms with van der Waals surface area (Å²) in [6.07, 6.45) is 1.51. The first-order valence-electron chi connectivity index (χ1n) is 10.5. The second kappa shape index (κ2) is 9.77. The van der Waals surface area contributed by atoms with Crippen LogP contribution in [0.15, 0.2) is 18.2 Å². The molecule has 0 spiro atoms. The van der Waals surface area contributed by atoms with E-state index < -0.39 is 0 Å². The van der Waals surface area contributed by atoms with Gasteiger partial charge in [0.25, 0.3) is 0 Å². The summed E-state index contributed by atoms with van der Waals surface area (Å²) in [6, 6.07) is 4.89. The Balaban J connectivity index is 1.62. The van der Waals surface area contributed by atoms with Crippen molar-refractivity contribution in [2.24, 2.45) is 22.9 Å². The summed E-state index contributed by atoms with van der Waals surface area (Å²) in [7, 11) is 0. The Bertz CT molecular complexity index is 861. The van der Waals surface area contributed by atoms with Crippen LogP contribution in [0.3, 0.4) is 0 Å². The van der Waals surface area contributed by atoms with Crippen LogP contribution in [0, 0.1) is 0 Å². The molecule has 3 heterocycles. The lowest BCUT2D eigenvalue weighted by Crippen LogP contribution is -2.54. The number of hydrazine groups is 1. The van der Waals surface area contributed by atoms with Crippen LogP contribution in [0.25, 0.3) is 0 Å². The van der Waals surface area contributed by atoms with E-state index in [-0.39, 0.29) is 24.2 Å². The van der Waals surface area contributed by atoms with Gasteiger partial charge in [-0.2, -0.15) is 15.0 Å². The smallest absolute Gasteiger partial charge is 0.248 e. The Morgan fingerprint density at radius 2 is 1.12 bits per heavy atom. The summed E-state index contributed by atoms with van der Waals surface area (Å²) in [5, 5.41) is 1.01. The van der Waals surface area contributed by atoms with E-state index in [9.17, 15) is 0 Å². The highest BCUT2D eigenvalue weighted by Crippen LogP contribution is 2.24. The molecule has 0 radical (unpaired) electrons. The molecule has 13 heteroatoms. The Kier molecular flexibility index (Phi) is 7.03. The molecule has 0 aliphatic carbocycles. The van der Waals surface area contributed by atoms with Gasteiger partial charge in [0.2, 0.25) is 17.8 Å². The number of aromatic nitrogens is 3. The first-order chi connectivity index (χ1) is 15.2. The first-order valence-corrected chi connectivity index (χ1v) is 11.3. The second-order valence-corrected chi connectivity index (χ2v) is 9.36. The van der Waals surface area contributed by atoms with Gasteiger partial charge in [-0.15, -0.1) is 0 Å². The number of anilines is 4. The number of nitrogens with one attached hydrogen (secondary N) is 2. The van der Waals surface area contributed by atoms with Crippen molar-refractivity contribution in [2.75, 3.05) is 46.8 Å². The fraction of sp³-hybridized carbons (Fsp3) is 0.526. The zero-order chi connectivity index (χ0) is 22.8. The molecule has 0 saturated carbocycles. The highest BCUT2D eigenvalue weighted by atomic mass is 35.5. The number of nitrogens with zero attached hydrogens (tertiary/aromatic N) is 5. The van der Waals surface area contributed by atoms with Crippen molar-refractivity contribution in [3.8, 4) is 0 Å². The molecule has 2 fully saturated rings. The molecule has 0 unspecified atom stereocenters. The van der Waals surface area contributed by atoms with Crippen molar-refractivity contribution in [1.82, 2.24) is 15.0 Å². The highest BCUT2D eigenvalue weighted by Gasteiger charge is 2.28. The molecular weight excluding hydrogens is 453 g/mol. The molecular formula is C19H29Cl2N11. The molecule has 1 aromatic heterocycles. The molecule has 0 amide bonds. The van der Waals surface area contributed by atoms with E-state index in [0.717, 1.165) is 12.8 Å². The number of piperidine rings is 2. The largest absolute Gasteiger partial charge is 0.338 e. The minimum atomic E-state index is -0.0565. The topological polar surface area (TPSA) is 173 Å². The summed E-state index contributed by atoms with van der Waals surface area (Å²) < 4.78 is 0. The van der Waals surface area contributed by atoms with Gasteiger partial charge in [0.1, 0.15) is 0 Å². The Morgan fingerprint density at radius 3 is 1.56 bits per heavy atom. The maximum atomic E-state index is 6.18. The third-order valence-electron chi connectivity index (χ3n) is 5.39. The predicted molar refractivity (Wildman–Crippen MR) is 129 cm³/mol. The van der Waals surface area contributed by atoms with E-state index in [1.165, 1.54) is 0 Å². The zero-order valence-electron chi connectivity index (χ0n) is 17.6. The molecule has 0 bridgehead atoms. The van der Waals surface area contributed by atoms with Gasteiger partial charge in [-0.25, -0.2) is 0 Å². The van der Waals surface area contributed by atoms with Crippen LogP contribution >= 0.6 is 23.2 Å². The molecule has 10 N–H and O–H groups in total. The highest BCUT2D eigenvalue weighted by molar-refractivity contribution is 6.35. The van der Waals surface area contributed by atoms with Crippen LogP contribution in [0.2, 0.25) is 10.0 Å². The van der Waals surface area contributed by atoms with Gasteiger partial charge < -0.3 is 32.7 Å². The van der Waals surface area contributed by atoms with Gasteiger partial charge in [0.15, 0.2) is 0 Å². The van der Waals surface area contributed by atoms with Crippen molar-refractivity contribution in [2.45, 2.75) is 37.0 Å². The van der Waals surface area contributed by atoms with E-state index in [1.54, 1.807) is 18.2 Å². The zero-order valence-corrected chi connectivity index (χ0v) is 19.1. The Labute approximate surface area is 196 Å². The van der Waals surface area contributed by atoms with Crippen LogP contribution in [-0.2, 0) is 0 Å². The van der Waals surface area contributed by atoms with E-state index in [4.69, 9.17) is 51.1 Å². The number of benzene rings is 1. The van der Waals surface area contributed by atoms with Crippen molar-refractivity contribution < 1.29 is 0 Å². The summed E-state index contributed by atoms with van der Waals surface area (Å²) in [5.74, 6) is 1.30. The normalized spacial score (nSPS) is 26.2. The lowest BCUT2D eigenvalue weighted by atomic mass is 10.0. The SMILES string of the molecule is N[C@@H]1C[C@H](N)CN(c2nc(NNc3cc(Cl)cc(Cl)c3)nc(N3C[C@H](N)C[C@H](N)C3)n2)C1. The minimum absolute atomic E-state index is 0.0565. The molecule has 2 aromatic rings. The number of rotatable bonds is 5. The molecule has 2 aliphatic rings. The Hall–Kier alpha value is -2.15. The summed E-state index contributed by atoms with van der Waals surface area (Å²) in [6.45, 7) is 2.42. The molecule has 2 aliphatic heterocycles. The maximum Gasteiger partial charge on any atom is 0.248 e. The quantitative estimate of drug-likeness (QED) is 0.325. The van der Waals surface area contributed by atoms with Gasteiger partial charge in [-0.3, -0.25) is 10.9 Å².